The van der Waals surface area contributed by atoms with Gasteiger partial charge in [0.15, 0.2) is 0 Å². The zero-order valence-corrected chi connectivity index (χ0v) is 12.6. The molecule has 19 heavy (non-hydrogen) atoms. The summed E-state index contributed by atoms with van der Waals surface area (Å²) in [6, 6.07) is 4.09. The number of nitrogens with zero attached hydrogens (tertiary/aromatic N) is 2. The molecule has 0 bridgehead atoms. The molecule has 0 fully saturated rings. The van der Waals surface area contributed by atoms with Gasteiger partial charge in [0.05, 0.1) is 18.5 Å². The van der Waals surface area contributed by atoms with Gasteiger partial charge < -0.3 is 15.3 Å². The minimum Gasteiger partial charge on any atom is -0.396 e. The Balaban J connectivity index is 2.62. The number of anilines is 2. The molecule has 0 aliphatic rings. The van der Waals surface area contributed by atoms with Gasteiger partial charge in [0.2, 0.25) is 0 Å². The minimum absolute atomic E-state index is 0.0719. The van der Waals surface area contributed by atoms with E-state index in [9.17, 15) is 5.11 Å². The van der Waals surface area contributed by atoms with E-state index in [1.807, 2.05) is 18.3 Å². The number of aliphatic hydroxyl groups is 1. The van der Waals surface area contributed by atoms with Gasteiger partial charge in [-0.15, -0.1) is 0 Å². The average Bonchev–Trinajstić information content (AvgIpc) is 2.47. The number of nitrogens with one attached hydrogen (secondary N) is 1. The first-order chi connectivity index (χ1) is 9.08. The van der Waals surface area contributed by atoms with Gasteiger partial charge in [-0.2, -0.15) is 0 Å². The van der Waals surface area contributed by atoms with Crippen LogP contribution in [-0.4, -0.2) is 36.3 Å². The Morgan fingerprint density at radius 1 is 1.26 bits per heavy atom. The van der Waals surface area contributed by atoms with Crippen LogP contribution in [0.15, 0.2) is 18.3 Å². The number of pyridine rings is 1. The highest BCUT2D eigenvalue weighted by Crippen LogP contribution is 2.21. The van der Waals surface area contributed by atoms with Crippen LogP contribution in [0.4, 0.5) is 11.5 Å². The van der Waals surface area contributed by atoms with E-state index in [0.29, 0.717) is 0 Å². The van der Waals surface area contributed by atoms with Crippen molar-refractivity contribution in [2.75, 3.05) is 36.5 Å². The van der Waals surface area contributed by atoms with Crippen LogP contribution in [0.2, 0.25) is 0 Å². The Bertz CT molecular complexity index is 356. The van der Waals surface area contributed by atoms with Crippen LogP contribution in [0.5, 0.6) is 0 Å². The van der Waals surface area contributed by atoms with Crippen molar-refractivity contribution in [1.29, 1.82) is 0 Å². The first-order valence-electron chi connectivity index (χ1n) is 7.14. The molecule has 1 heterocycles. The third-order valence-corrected chi connectivity index (χ3v) is 3.79. The fourth-order valence-corrected chi connectivity index (χ4v) is 1.83. The Kier molecular flexibility index (Phi) is 6.09. The smallest absolute Gasteiger partial charge is 0.128 e. The number of rotatable bonds is 8. The highest BCUT2D eigenvalue weighted by atomic mass is 16.3. The van der Waals surface area contributed by atoms with Crippen LogP contribution in [0.3, 0.4) is 0 Å². The second-order valence-electron chi connectivity index (χ2n) is 5.25. The second-order valence-corrected chi connectivity index (χ2v) is 5.25. The largest absolute Gasteiger partial charge is 0.396 e. The lowest BCUT2D eigenvalue weighted by atomic mass is 9.88. The topological polar surface area (TPSA) is 48.4 Å². The van der Waals surface area contributed by atoms with Crippen LogP contribution in [0, 0.1) is 5.41 Å². The van der Waals surface area contributed by atoms with E-state index in [4.69, 9.17) is 0 Å². The third kappa shape index (κ3) is 4.39. The van der Waals surface area contributed by atoms with Crippen LogP contribution >= 0.6 is 0 Å². The summed E-state index contributed by atoms with van der Waals surface area (Å²) in [6.45, 7) is 11.3. The Morgan fingerprint density at radius 3 is 2.37 bits per heavy atom. The van der Waals surface area contributed by atoms with E-state index in [1.54, 1.807) is 0 Å². The fourth-order valence-electron chi connectivity index (χ4n) is 1.83. The standard InChI is InChI=1S/C15H27N3O/c1-5-15(4,12-19)11-17-13-8-9-14(16-10-13)18(6-2)7-3/h8-10,17,19H,5-7,11-12H2,1-4H3. The quantitative estimate of drug-likeness (QED) is 0.759. The van der Waals surface area contributed by atoms with E-state index in [0.717, 1.165) is 37.6 Å². The summed E-state index contributed by atoms with van der Waals surface area (Å²) < 4.78 is 0. The van der Waals surface area contributed by atoms with E-state index in [1.165, 1.54) is 0 Å². The first kappa shape index (κ1) is 15.8. The van der Waals surface area contributed by atoms with E-state index in [2.05, 4.69) is 42.9 Å². The van der Waals surface area contributed by atoms with E-state index >= 15 is 0 Å². The molecule has 0 saturated heterocycles. The van der Waals surface area contributed by atoms with E-state index in [-0.39, 0.29) is 12.0 Å². The maximum atomic E-state index is 9.38. The van der Waals surface area contributed by atoms with Crippen molar-refractivity contribution in [2.24, 2.45) is 5.41 Å². The van der Waals surface area contributed by atoms with Crippen molar-refractivity contribution in [2.45, 2.75) is 34.1 Å². The minimum atomic E-state index is -0.0719. The Labute approximate surface area is 116 Å². The summed E-state index contributed by atoms with van der Waals surface area (Å²) in [5.41, 5.74) is 0.932. The second kappa shape index (κ2) is 7.34. The van der Waals surface area contributed by atoms with Crippen LogP contribution in [-0.2, 0) is 0 Å². The number of hydrogen-bond acceptors (Lipinski definition) is 4. The summed E-state index contributed by atoms with van der Waals surface area (Å²) in [5, 5.41) is 12.7. The Morgan fingerprint density at radius 2 is 1.95 bits per heavy atom. The van der Waals surface area contributed by atoms with Crippen molar-refractivity contribution in [1.82, 2.24) is 4.98 Å². The maximum absolute atomic E-state index is 9.38. The Hall–Kier alpha value is -1.29. The zero-order valence-electron chi connectivity index (χ0n) is 12.6. The number of hydrogen-bond donors (Lipinski definition) is 2. The van der Waals surface area contributed by atoms with Gasteiger partial charge in [-0.25, -0.2) is 4.98 Å². The molecule has 108 valence electrons. The molecule has 0 saturated carbocycles. The summed E-state index contributed by atoms with van der Waals surface area (Å²) in [4.78, 5) is 6.69. The monoisotopic (exact) mass is 265 g/mol. The molecule has 0 aromatic carbocycles. The zero-order chi connectivity index (χ0) is 14.3. The molecule has 1 aromatic heterocycles. The van der Waals surface area contributed by atoms with E-state index < -0.39 is 0 Å². The molecule has 0 spiro atoms. The normalized spacial score (nSPS) is 13.9. The van der Waals surface area contributed by atoms with Gasteiger partial charge in [-0.3, -0.25) is 0 Å². The summed E-state index contributed by atoms with van der Waals surface area (Å²) in [7, 11) is 0. The average molecular weight is 265 g/mol. The van der Waals surface area contributed by atoms with Gasteiger partial charge in [0.1, 0.15) is 5.82 Å². The third-order valence-electron chi connectivity index (χ3n) is 3.79. The molecule has 0 aliphatic heterocycles. The summed E-state index contributed by atoms with van der Waals surface area (Å²) >= 11 is 0. The molecule has 1 aromatic rings. The molecule has 4 heteroatoms. The van der Waals surface area contributed by atoms with Gasteiger partial charge in [-0.05, 0) is 32.4 Å². The van der Waals surface area contributed by atoms with Crippen LogP contribution in [0.25, 0.3) is 0 Å². The summed E-state index contributed by atoms with van der Waals surface area (Å²) in [6.07, 6.45) is 2.81. The molecular formula is C15H27N3O. The predicted molar refractivity (Wildman–Crippen MR) is 81.8 cm³/mol. The van der Waals surface area contributed by atoms with Crippen molar-refractivity contribution in [3.05, 3.63) is 18.3 Å². The molecular weight excluding hydrogens is 238 g/mol. The number of aromatic nitrogens is 1. The van der Waals surface area contributed by atoms with Gasteiger partial charge in [0.25, 0.3) is 0 Å². The maximum Gasteiger partial charge on any atom is 0.128 e. The molecule has 1 unspecified atom stereocenters. The first-order valence-corrected chi connectivity index (χ1v) is 7.14. The SMILES string of the molecule is CCN(CC)c1ccc(NCC(C)(CC)CO)cn1. The number of aliphatic hydroxyl groups excluding tert-OH is 1. The highest BCUT2D eigenvalue weighted by Gasteiger charge is 2.20. The molecule has 4 nitrogen and oxygen atoms in total. The van der Waals surface area contributed by atoms with Crippen LogP contribution < -0.4 is 10.2 Å². The summed E-state index contributed by atoms with van der Waals surface area (Å²) in [5.74, 6) is 1.01. The molecule has 0 aliphatic carbocycles. The molecule has 1 atom stereocenters. The van der Waals surface area contributed by atoms with Crippen molar-refractivity contribution < 1.29 is 5.11 Å². The van der Waals surface area contributed by atoms with Gasteiger partial charge in [-0.1, -0.05) is 13.8 Å². The lowest BCUT2D eigenvalue weighted by Gasteiger charge is -2.26. The van der Waals surface area contributed by atoms with Gasteiger partial charge >= 0.3 is 0 Å². The molecule has 0 radical (unpaired) electrons. The van der Waals surface area contributed by atoms with Crippen molar-refractivity contribution in [3.63, 3.8) is 0 Å². The van der Waals surface area contributed by atoms with Crippen molar-refractivity contribution >= 4 is 11.5 Å². The fraction of sp³-hybridized carbons (Fsp3) is 0.667. The molecule has 2 N–H and O–H groups in total. The molecule has 0 amide bonds. The van der Waals surface area contributed by atoms with Gasteiger partial charge in [0, 0.05) is 25.0 Å². The lowest BCUT2D eigenvalue weighted by Crippen LogP contribution is -2.29. The van der Waals surface area contributed by atoms with Crippen molar-refractivity contribution in [3.8, 4) is 0 Å². The highest BCUT2D eigenvalue weighted by molar-refractivity contribution is 5.48. The van der Waals surface area contributed by atoms with Crippen LogP contribution in [0.1, 0.15) is 34.1 Å². The lowest BCUT2D eigenvalue weighted by molar-refractivity contribution is 0.149. The molecule has 1 rings (SSSR count). The predicted octanol–water partition coefficient (Wildman–Crippen LogP) is 2.75.